The van der Waals surface area contributed by atoms with Gasteiger partial charge in [-0.15, -0.1) is 0 Å². The molecule has 0 fully saturated rings. The van der Waals surface area contributed by atoms with E-state index in [1.807, 2.05) is 0 Å². The van der Waals surface area contributed by atoms with Crippen LogP contribution in [-0.4, -0.2) is 0 Å². The van der Waals surface area contributed by atoms with Crippen LogP contribution in [0, 0.1) is 0 Å². The molecule has 0 amide bonds. The van der Waals surface area contributed by atoms with Gasteiger partial charge in [0.15, 0.2) is 0 Å². The zero-order valence-electron chi connectivity index (χ0n) is 1.94. The Labute approximate surface area is 43.9 Å². The molecule has 34 valence electrons. The molecule has 3 nitrogen and oxygen atoms in total. The van der Waals surface area contributed by atoms with Crippen LogP contribution in [0.15, 0.2) is 0 Å². The first-order chi connectivity index (χ1) is 1.73. The van der Waals surface area contributed by atoms with Crippen molar-refractivity contribution in [3.63, 3.8) is 0 Å². The van der Waals surface area contributed by atoms with Gasteiger partial charge in [0, 0.05) is 0 Å². The van der Waals surface area contributed by atoms with Crippen molar-refractivity contribution in [1.29, 1.82) is 0 Å². The van der Waals surface area contributed by atoms with Crippen molar-refractivity contribution in [3.05, 3.63) is 0 Å². The summed E-state index contributed by atoms with van der Waals surface area (Å²) in [5, 5.41) is 0. The minimum atomic E-state index is -3.65. The van der Waals surface area contributed by atoms with Crippen molar-refractivity contribution in [2.24, 2.45) is 0 Å². The Kier molecular flexibility index (Phi) is 8.75. The molecule has 0 N–H and O–H groups in total. The van der Waals surface area contributed by atoms with E-state index in [0.717, 1.165) is 0 Å². The zero-order chi connectivity index (χ0) is 3.58. The predicted molar refractivity (Wildman–Crippen MR) is 0.686 cm³/mol. The van der Waals surface area contributed by atoms with Crippen LogP contribution in [0.2, 0.25) is 0 Å². The van der Waals surface area contributed by atoms with Gasteiger partial charge < -0.3 is 0 Å². The molecule has 0 aromatic rings. The van der Waals surface area contributed by atoms with Gasteiger partial charge in [-0.1, -0.05) is 0 Å². The first-order valence-electron chi connectivity index (χ1n) is 0.463. The molecule has 0 saturated carbocycles. The molecule has 0 spiro atoms. The number of rotatable bonds is 0. The molecule has 0 atom stereocenters. The molecule has 0 saturated heterocycles. The van der Waals surface area contributed by atoms with E-state index in [1.54, 1.807) is 0 Å². The maximum atomic E-state index is 8.52. The summed E-state index contributed by atoms with van der Waals surface area (Å²) in [5.74, 6) is 0. The molecule has 0 rings (SSSR count). The van der Waals surface area contributed by atoms with Gasteiger partial charge in [-0.3, -0.25) is 0 Å². The summed E-state index contributed by atoms with van der Waals surface area (Å²) in [6.07, 6.45) is 0. The molecular weight excluding hydrogens is 162 g/mol. The van der Waals surface area contributed by atoms with E-state index in [2.05, 4.69) is 0 Å². The fourth-order valence-electron chi connectivity index (χ4n) is 0. The molecule has 0 aromatic carbocycles. The van der Waals surface area contributed by atoms with Crippen LogP contribution >= 0.6 is 0 Å². The average molecular weight is 162 g/mol. The fraction of sp³-hybridized carbons (Fsp3) is 0. The van der Waals surface area contributed by atoms with Crippen molar-refractivity contribution in [2.45, 2.75) is 0 Å². The Bertz CT molecular complexity index is 29.9. The monoisotopic (exact) mass is 162 g/mol. The molecule has 0 bridgehead atoms. The van der Waals surface area contributed by atoms with Gasteiger partial charge in [-0.25, -0.2) is 0 Å². The molecule has 0 aliphatic carbocycles. The third-order valence-electron chi connectivity index (χ3n) is 0. The van der Waals surface area contributed by atoms with Crippen LogP contribution in [0.5, 0.6) is 0 Å². The molecule has 0 aliphatic heterocycles. The van der Waals surface area contributed by atoms with Crippen LogP contribution in [0.3, 0.4) is 0 Å². The Morgan fingerprint density at radius 3 is 1.40 bits per heavy atom. The van der Waals surface area contributed by atoms with Crippen molar-refractivity contribution >= 4 is 0 Å². The predicted octanol–water partition coefficient (Wildman–Crippen LogP) is -2.50. The van der Waals surface area contributed by atoms with Gasteiger partial charge in [0.05, 0.1) is 0 Å². The molecule has 1 radical (unpaired) electrons. The van der Waals surface area contributed by atoms with Crippen LogP contribution in [0.4, 0.5) is 0 Å². The summed E-state index contributed by atoms with van der Waals surface area (Å²) in [6.45, 7) is 0. The molecule has 0 aromatic heterocycles. The maximum absolute atomic E-state index is 8.52. The van der Waals surface area contributed by atoms with Gasteiger partial charge in [0.25, 0.3) is 0 Å². The van der Waals surface area contributed by atoms with Crippen molar-refractivity contribution in [3.8, 4) is 0 Å². The summed E-state index contributed by atoms with van der Waals surface area (Å²) in [4.78, 5) is 0. The number of hydrogen-bond donors (Lipinski definition) is 0. The van der Waals surface area contributed by atoms with Gasteiger partial charge >= 0.3 is 43.5 Å². The van der Waals surface area contributed by atoms with Crippen molar-refractivity contribution in [2.75, 3.05) is 0 Å². The molecule has 5 heteroatoms. The molecule has 0 aliphatic rings. The van der Waals surface area contributed by atoms with Gasteiger partial charge in [0.1, 0.15) is 0 Å². The summed E-state index contributed by atoms with van der Waals surface area (Å²) < 4.78 is 25.6. The fourth-order valence-corrected chi connectivity index (χ4v) is 0. The summed E-state index contributed by atoms with van der Waals surface area (Å²) in [6, 6.07) is 0. The van der Waals surface area contributed by atoms with Gasteiger partial charge in [-0.05, 0) is 0 Å². The van der Waals surface area contributed by atoms with E-state index in [-0.39, 0.29) is 16.8 Å². The van der Waals surface area contributed by atoms with Gasteiger partial charge in [-0.2, -0.15) is 0 Å². The SMILES string of the molecule is [Co+2].[O]=[Mn]([O-])[O-]. The van der Waals surface area contributed by atoms with Crippen LogP contribution < -0.4 is 8.38 Å². The second kappa shape index (κ2) is 4.75. The zero-order valence-corrected chi connectivity index (χ0v) is 4.16. The van der Waals surface area contributed by atoms with Crippen LogP contribution in [-0.2, 0) is 35.1 Å². The van der Waals surface area contributed by atoms with Crippen LogP contribution in [0.25, 0.3) is 0 Å². The first kappa shape index (κ1) is 9.22. The van der Waals surface area contributed by atoms with Gasteiger partial charge in [0.2, 0.25) is 0 Å². The second-order valence-corrected chi connectivity index (χ2v) is 0.779. The van der Waals surface area contributed by atoms with Crippen molar-refractivity contribution < 1.29 is 43.5 Å². The quantitative estimate of drug-likeness (QED) is 0.369. The number of hydrogen-bond acceptors (Lipinski definition) is 3. The second-order valence-electron chi connectivity index (χ2n) is 0.189. The van der Waals surface area contributed by atoms with Crippen molar-refractivity contribution in [1.82, 2.24) is 0 Å². The van der Waals surface area contributed by atoms with E-state index in [4.69, 9.17) is 12.2 Å². The minimum absolute atomic E-state index is 0. The van der Waals surface area contributed by atoms with E-state index in [9.17, 15) is 0 Å². The first-order valence-corrected chi connectivity index (χ1v) is 1.91. The van der Waals surface area contributed by atoms with E-state index < -0.39 is 14.5 Å². The Morgan fingerprint density at radius 1 is 1.40 bits per heavy atom. The molecule has 0 unspecified atom stereocenters. The summed E-state index contributed by atoms with van der Waals surface area (Å²) in [7, 11) is 0. The third-order valence-corrected chi connectivity index (χ3v) is 0. The summed E-state index contributed by atoms with van der Waals surface area (Å²) >= 11 is -3.65. The Hall–Kier alpha value is 0.746. The molecule has 0 heterocycles. The third kappa shape index (κ3) is 64.3. The standard InChI is InChI=1S/Co.Mn.3O/q+2;;;2*-1. The molecule has 5 heavy (non-hydrogen) atoms. The van der Waals surface area contributed by atoms with E-state index in [0.29, 0.717) is 0 Å². The summed E-state index contributed by atoms with van der Waals surface area (Å²) in [5.41, 5.74) is 0. The van der Waals surface area contributed by atoms with E-state index in [1.165, 1.54) is 0 Å². The average Bonchev–Trinajstić information content (AvgIpc) is 0.811. The molecular formula is CoMnO3. The topological polar surface area (TPSA) is 63.2 Å². The van der Waals surface area contributed by atoms with E-state index >= 15 is 0 Å². The Balaban J connectivity index is 0. The van der Waals surface area contributed by atoms with Crippen LogP contribution in [0.1, 0.15) is 0 Å². The Morgan fingerprint density at radius 2 is 1.40 bits per heavy atom. The normalized spacial score (nSPS) is 7.00.